The van der Waals surface area contributed by atoms with E-state index in [1.54, 1.807) is 5.01 Å². The highest BCUT2D eigenvalue weighted by Crippen LogP contribution is 2.11. The molecule has 0 unspecified atom stereocenters. The highest BCUT2D eigenvalue weighted by molar-refractivity contribution is 5.92. The van der Waals surface area contributed by atoms with E-state index in [1.165, 1.54) is 0 Å². The molecule has 0 bridgehead atoms. The molecule has 2 heterocycles. The summed E-state index contributed by atoms with van der Waals surface area (Å²) >= 11 is 0. The van der Waals surface area contributed by atoms with E-state index < -0.39 is 0 Å². The number of fused-ring (bicyclic) bond motifs is 1. The van der Waals surface area contributed by atoms with Gasteiger partial charge in [0.25, 0.3) is 5.91 Å². The van der Waals surface area contributed by atoms with Gasteiger partial charge in [0.05, 0.1) is 12.2 Å². The van der Waals surface area contributed by atoms with Gasteiger partial charge in [0.15, 0.2) is 5.69 Å². The number of nitrogens with zero attached hydrogens (tertiary/aromatic N) is 3. The number of rotatable bonds is 2. The van der Waals surface area contributed by atoms with E-state index >= 15 is 0 Å². The van der Waals surface area contributed by atoms with Crippen molar-refractivity contribution in [1.82, 2.24) is 20.1 Å². The molecule has 0 aromatic carbocycles. The number of aromatic nitrogens is 2. The van der Waals surface area contributed by atoms with Crippen molar-refractivity contribution in [2.75, 3.05) is 6.54 Å². The van der Waals surface area contributed by atoms with Gasteiger partial charge in [0, 0.05) is 19.1 Å². The molecule has 1 aliphatic heterocycles. The molecule has 3 N–H and O–H groups in total. The highest BCUT2D eigenvalue weighted by Gasteiger charge is 2.18. The van der Waals surface area contributed by atoms with Crippen LogP contribution in [0, 0.1) is 0 Å². The summed E-state index contributed by atoms with van der Waals surface area (Å²) in [6, 6.07) is 1.94. The number of aryl methyl sites for hydroxylation is 1. The van der Waals surface area contributed by atoms with Gasteiger partial charge in [-0.15, -0.1) is 0 Å². The van der Waals surface area contributed by atoms with Crippen LogP contribution in [-0.4, -0.2) is 33.3 Å². The second-order valence-corrected chi connectivity index (χ2v) is 4.70. The second-order valence-electron chi connectivity index (χ2n) is 4.70. The van der Waals surface area contributed by atoms with Crippen LogP contribution >= 0.6 is 0 Å². The summed E-state index contributed by atoms with van der Waals surface area (Å²) in [5.74, 6) is 5.69. The third kappa shape index (κ3) is 2.83. The fourth-order valence-electron chi connectivity index (χ4n) is 1.93. The lowest BCUT2D eigenvalue weighted by molar-refractivity contribution is 0.0937. The summed E-state index contributed by atoms with van der Waals surface area (Å²) < 4.78 is 1.88. The molecule has 1 aromatic rings. The molecule has 0 spiro atoms. The number of carbonyl (C=O) groups excluding carboxylic acids is 1. The van der Waals surface area contributed by atoms with Crippen LogP contribution in [0.4, 0.5) is 0 Å². The summed E-state index contributed by atoms with van der Waals surface area (Å²) in [6.07, 6.45) is 0.955. The fraction of sp³-hybridized carbons (Fsp3) is 0.636. The van der Waals surface area contributed by atoms with E-state index in [4.69, 9.17) is 5.84 Å². The first-order chi connectivity index (χ1) is 8.06. The van der Waals surface area contributed by atoms with E-state index in [0.29, 0.717) is 12.2 Å². The average Bonchev–Trinajstić information content (AvgIpc) is 2.53. The maximum atomic E-state index is 11.8. The van der Waals surface area contributed by atoms with Crippen LogP contribution in [0.1, 0.15) is 36.5 Å². The Morgan fingerprint density at radius 2 is 2.29 bits per heavy atom. The third-order valence-corrected chi connectivity index (χ3v) is 2.70. The SMILES string of the molecule is CC(C)NC(=O)c1cc2n(n1)CCCN(N)C2. The second kappa shape index (κ2) is 4.85. The number of amides is 1. The third-order valence-electron chi connectivity index (χ3n) is 2.70. The maximum absolute atomic E-state index is 11.8. The smallest absolute Gasteiger partial charge is 0.271 e. The van der Waals surface area contributed by atoms with E-state index in [0.717, 1.165) is 25.2 Å². The number of hydrazine groups is 1. The molecule has 1 amide bonds. The number of hydrogen-bond acceptors (Lipinski definition) is 4. The van der Waals surface area contributed by atoms with E-state index in [2.05, 4.69) is 10.4 Å². The van der Waals surface area contributed by atoms with Crippen LogP contribution in [0.3, 0.4) is 0 Å². The van der Waals surface area contributed by atoms with Gasteiger partial charge in [-0.1, -0.05) is 0 Å². The number of hydrogen-bond donors (Lipinski definition) is 2. The lowest BCUT2D eigenvalue weighted by atomic mass is 10.3. The summed E-state index contributed by atoms with van der Waals surface area (Å²) in [5, 5.41) is 8.91. The van der Waals surface area contributed by atoms with Crippen LogP contribution in [0.25, 0.3) is 0 Å². The Labute approximate surface area is 101 Å². The van der Waals surface area contributed by atoms with Crippen LogP contribution in [0.2, 0.25) is 0 Å². The van der Waals surface area contributed by atoms with Gasteiger partial charge in [-0.3, -0.25) is 15.3 Å². The highest BCUT2D eigenvalue weighted by atomic mass is 16.2. The fourth-order valence-corrected chi connectivity index (χ4v) is 1.93. The van der Waals surface area contributed by atoms with Crippen molar-refractivity contribution in [3.8, 4) is 0 Å². The molecule has 17 heavy (non-hydrogen) atoms. The molecule has 0 aliphatic carbocycles. The minimum absolute atomic E-state index is 0.120. The zero-order valence-electron chi connectivity index (χ0n) is 10.3. The lowest BCUT2D eigenvalue weighted by Crippen LogP contribution is -2.31. The first kappa shape index (κ1) is 12.1. The first-order valence-electron chi connectivity index (χ1n) is 5.93. The minimum atomic E-state index is -0.121. The Balaban J connectivity index is 2.17. The van der Waals surface area contributed by atoms with Crippen LogP contribution in [0.15, 0.2) is 6.07 Å². The molecule has 6 nitrogen and oxygen atoms in total. The predicted molar refractivity (Wildman–Crippen MR) is 64.0 cm³/mol. The Morgan fingerprint density at radius 1 is 1.53 bits per heavy atom. The first-order valence-corrected chi connectivity index (χ1v) is 5.93. The van der Waals surface area contributed by atoms with Crippen molar-refractivity contribution in [3.05, 3.63) is 17.5 Å². The molecule has 0 atom stereocenters. The van der Waals surface area contributed by atoms with Gasteiger partial charge < -0.3 is 5.32 Å². The lowest BCUT2D eigenvalue weighted by Gasteiger charge is -2.10. The minimum Gasteiger partial charge on any atom is -0.348 e. The molecule has 2 rings (SSSR count). The molecule has 94 valence electrons. The van der Waals surface area contributed by atoms with Gasteiger partial charge in [-0.05, 0) is 26.3 Å². The number of carbonyl (C=O) groups is 1. The normalized spacial score (nSPS) is 16.7. The Hall–Kier alpha value is -1.40. The van der Waals surface area contributed by atoms with E-state index in [-0.39, 0.29) is 11.9 Å². The van der Waals surface area contributed by atoms with Gasteiger partial charge in [0.1, 0.15) is 0 Å². The van der Waals surface area contributed by atoms with Crippen LogP contribution in [-0.2, 0) is 13.1 Å². The Bertz CT molecular complexity index is 412. The molecule has 0 saturated heterocycles. The molecule has 6 heteroatoms. The largest absolute Gasteiger partial charge is 0.348 e. The van der Waals surface area contributed by atoms with Gasteiger partial charge in [-0.25, -0.2) is 5.01 Å². The van der Waals surface area contributed by atoms with Crippen molar-refractivity contribution < 1.29 is 4.79 Å². The molecular weight excluding hydrogens is 218 g/mol. The molecule has 1 aliphatic rings. The molecular formula is C11H19N5O. The molecule has 0 saturated carbocycles. The Morgan fingerprint density at radius 3 is 3.00 bits per heavy atom. The van der Waals surface area contributed by atoms with Crippen molar-refractivity contribution in [2.45, 2.75) is 39.4 Å². The quantitative estimate of drug-likeness (QED) is 0.715. The van der Waals surface area contributed by atoms with E-state index in [9.17, 15) is 4.79 Å². The monoisotopic (exact) mass is 237 g/mol. The Kier molecular flexibility index (Phi) is 3.44. The van der Waals surface area contributed by atoms with Crippen molar-refractivity contribution in [2.24, 2.45) is 5.84 Å². The van der Waals surface area contributed by atoms with Crippen molar-refractivity contribution >= 4 is 5.91 Å². The van der Waals surface area contributed by atoms with Gasteiger partial charge in [-0.2, -0.15) is 5.10 Å². The van der Waals surface area contributed by atoms with Crippen molar-refractivity contribution in [3.63, 3.8) is 0 Å². The standard InChI is InChI=1S/C11H19N5O/c1-8(2)13-11(17)10-6-9-7-15(12)4-3-5-16(9)14-10/h6,8H,3-5,7,12H2,1-2H3,(H,13,17). The van der Waals surface area contributed by atoms with Crippen LogP contribution < -0.4 is 11.2 Å². The molecule has 1 aromatic heterocycles. The maximum Gasteiger partial charge on any atom is 0.271 e. The molecule has 0 radical (unpaired) electrons. The topological polar surface area (TPSA) is 76.2 Å². The number of nitrogens with one attached hydrogen (secondary N) is 1. The summed E-state index contributed by atoms with van der Waals surface area (Å²) in [4.78, 5) is 11.8. The number of nitrogens with two attached hydrogens (primary N) is 1. The van der Waals surface area contributed by atoms with Gasteiger partial charge >= 0.3 is 0 Å². The molecule has 0 fully saturated rings. The summed E-state index contributed by atoms with van der Waals surface area (Å²) in [7, 11) is 0. The van der Waals surface area contributed by atoms with Gasteiger partial charge in [0.2, 0.25) is 0 Å². The zero-order chi connectivity index (χ0) is 12.4. The zero-order valence-corrected chi connectivity index (χ0v) is 10.3. The van der Waals surface area contributed by atoms with Crippen molar-refractivity contribution in [1.29, 1.82) is 0 Å². The average molecular weight is 237 g/mol. The van der Waals surface area contributed by atoms with Crippen LogP contribution in [0.5, 0.6) is 0 Å². The van der Waals surface area contributed by atoms with E-state index in [1.807, 2.05) is 24.6 Å². The summed E-state index contributed by atoms with van der Waals surface area (Å²) in [6.45, 7) is 6.18. The summed E-state index contributed by atoms with van der Waals surface area (Å²) in [5.41, 5.74) is 1.47. The predicted octanol–water partition coefficient (Wildman–Crippen LogP) is 0.101.